The minimum Gasteiger partial charge on any atom is -0.344 e. The Morgan fingerprint density at radius 2 is 2.22 bits per heavy atom. The van der Waals surface area contributed by atoms with Crippen LogP contribution in [0.1, 0.15) is 37.3 Å². The van der Waals surface area contributed by atoms with Crippen molar-refractivity contribution < 1.29 is 0 Å². The summed E-state index contributed by atoms with van der Waals surface area (Å²) in [5.74, 6) is 0.726. The van der Waals surface area contributed by atoms with Crippen LogP contribution in [0.25, 0.3) is 0 Å². The third-order valence-electron chi connectivity index (χ3n) is 3.57. The van der Waals surface area contributed by atoms with Gasteiger partial charge in [-0.25, -0.2) is 4.98 Å². The maximum Gasteiger partial charge on any atom is 0.186 e. The highest BCUT2D eigenvalue weighted by molar-refractivity contribution is 7.15. The van der Waals surface area contributed by atoms with E-state index in [-0.39, 0.29) is 0 Å². The molecule has 1 fully saturated rings. The predicted octanol–water partition coefficient (Wildman–Crippen LogP) is 2.97. The maximum absolute atomic E-state index is 4.70. The van der Waals surface area contributed by atoms with E-state index in [1.807, 2.05) is 11.3 Å². The summed E-state index contributed by atoms with van der Waals surface area (Å²) in [6, 6.07) is 0.633. The number of hydrogen-bond donors (Lipinski definition) is 1. The predicted molar refractivity (Wildman–Crippen MR) is 79.7 cm³/mol. The lowest BCUT2D eigenvalue weighted by Gasteiger charge is -2.24. The van der Waals surface area contributed by atoms with Crippen LogP contribution in [0.15, 0.2) is 0 Å². The molecular weight excluding hydrogens is 242 g/mol. The van der Waals surface area contributed by atoms with Gasteiger partial charge in [0.2, 0.25) is 0 Å². The number of anilines is 1. The Hall–Kier alpha value is -0.610. The molecule has 0 aromatic carbocycles. The molecule has 1 aromatic rings. The summed E-state index contributed by atoms with van der Waals surface area (Å²) in [6.07, 6.45) is 2.59. The summed E-state index contributed by atoms with van der Waals surface area (Å²) in [5.41, 5.74) is 1.19. The molecular formula is C14H25N3S. The fourth-order valence-electron chi connectivity index (χ4n) is 2.42. The third-order valence-corrected chi connectivity index (χ3v) is 4.68. The van der Waals surface area contributed by atoms with E-state index < -0.39 is 0 Å². The van der Waals surface area contributed by atoms with Crippen molar-refractivity contribution in [1.29, 1.82) is 0 Å². The van der Waals surface area contributed by atoms with Crippen molar-refractivity contribution in [2.45, 2.75) is 46.6 Å². The molecule has 1 aromatic heterocycles. The number of aryl methyl sites for hydroxylation is 2. The quantitative estimate of drug-likeness (QED) is 0.889. The molecule has 1 aliphatic rings. The van der Waals surface area contributed by atoms with Crippen molar-refractivity contribution in [3.05, 3.63) is 10.6 Å². The second-order valence-corrected chi connectivity index (χ2v) is 6.86. The lowest BCUT2D eigenvalue weighted by Crippen LogP contribution is -2.39. The minimum absolute atomic E-state index is 0.633. The highest BCUT2D eigenvalue weighted by atomic mass is 32.1. The van der Waals surface area contributed by atoms with Crippen molar-refractivity contribution in [2.24, 2.45) is 5.92 Å². The van der Waals surface area contributed by atoms with Crippen LogP contribution in [0, 0.1) is 19.8 Å². The van der Waals surface area contributed by atoms with E-state index in [0.29, 0.717) is 6.04 Å². The van der Waals surface area contributed by atoms with E-state index in [2.05, 4.69) is 37.9 Å². The topological polar surface area (TPSA) is 28.2 Å². The molecule has 2 rings (SSSR count). The first-order chi connectivity index (χ1) is 8.58. The van der Waals surface area contributed by atoms with Crippen LogP contribution in [0.2, 0.25) is 0 Å². The summed E-state index contributed by atoms with van der Waals surface area (Å²) >= 11 is 1.84. The molecule has 18 heavy (non-hydrogen) atoms. The van der Waals surface area contributed by atoms with Crippen molar-refractivity contribution in [2.75, 3.05) is 24.5 Å². The first-order valence-electron chi connectivity index (χ1n) is 6.99. The van der Waals surface area contributed by atoms with Gasteiger partial charge in [0, 0.05) is 24.0 Å². The second-order valence-electron chi connectivity index (χ2n) is 5.68. The van der Waals surface area contributed by atoms with Crippen molar-refractivity contribution >= 4 is 16.5 Å². The normalized spacial score (nSPS) is 20.1. The average Bonchev–Trinajstić information content (AvgIpc) is 2.86. The standard InChI is InChI=1S/C14H25N3S/c1-10(2)8-15-9-13-6-5-7-17(13)14-16-11(3)12(4)18-14/h10,13,15H,5-9H2,1-4H3. The Labute approximate surface area is 115 Å². The molecule has 1 unspecified atom stereocenters. The molecule has 1 N–H and O–H groups in total. The SMILES string of the molecule is Cc1nc(N2CCCC2CNCC(C)C)sc1C. The Balaban J connectivity index is 1.94. The molecule has 0 amide bonds. The number of rotatable bonds is 5. The lowest BCUT2D eigenvalue weighted by molar-refractivity contribution is 0.512. The van der Waals surface area contributed by atoms with Gasteiger partial charge in [-0.2, -0.15) is 0 Å². The Kier molecular flexibility index (Phi) is 4.62. The van der Waals surface area contributed by atoms with Crippen LogP contribution in [0.3, 0.4) is 0 Å². The van der Waals surface area contributed by atoms with E-state index in [1.54, 1.807) is 0 Å². The summed E-state index contributed by atoms with van der Waals surface area (Å²) < 4.78 is 0. The van der Waals surface area contributed by atoms with E-state index in [1.165, 1.54) is 35.1 Å². The van der Waals surface area contributed by atoms with Crippen LogP contribution in [0.4, 0.5) is 5.13 Å². The number of nitrogens with zero attached hydrogens (tertiary/aromatic N) is 2. The van der Waals surface area contributed by atoms with E-state index in [0.717, 1.165) is 19.0 Å². The van der Waals surface area contributed by atoms with Gasteiger partial charge >= 0.3 is 0 Å². The molecule has 1 aliphatic heterocycles. The zero-order valence-electron chi connectivity index (χ0n) is 12.0. The van der Waals surface area contributed by atoms with Gasteiger partial charge in [0.05, 0.1) is 5.69 Å². The molecule has 102 valence electrons. The summed E-state index contributed by atoms with van der Waals surface area (Å²) in [5, 5.41) is 4.80. The molecule has 0 spiro atoms. The Morgan fingerprint density at radius 1 is 1.44 bits per heavy atom. The number of thiazole rings is 1. The third kappa shape index (κ3) is 3.23. The Bertz CT molecular complexity index is 367. The monoisotopic (exact) mass is 267 g/mol. The second kappa shape index (κ2) is 6.02. The van der Waals surface area contributed by atoms with Gasteiger partial charge in [0.1, 0.15) is 0 Å². The van der Waals surface area contributed by atoms with Crippen LogP contribution < -0.4 is 10.2 Å². The molecule has 2 heterocycles. The highest BCUT2D eigenvalue weighted by Crippen LogP contribution is 2.30. The molecule has 3 nitrogen and oxygen atoms in total. The van der Waals surface area contributed by atoms with E-state index in [9.17, 15) is 0 Å². The number of hydrogen-bond acceptors (Lipinski definition) is 4. The highest BCUT2D eigenvalue weighted by Gasteiger charge is 2.26. The Morgan fingerprint density at radius 3 is 2.83 bits per heavy atom. The fraction of sp³-hybridized carbons (Fsp3) is 0.786. The van der Waals surface area contributed by atoms with Crippen molar-refractivity contribution in [3.8, 4) is 0 Å². The van der Waals surface area contributed by atoms with Crippen LogP contribution in [0.5, 0.6) is 0 Å². The molecule has 0 saturated carbocycles. The van der Waals surface area contributed by atoms with Gasteiger partial charge in [-0.05, 0) is 39.2 Å². The van der Waals surface area contributed by atoms with Crippen molar-refractivity contribution in [3.63, 3.8) is 0 Å². The number of nitrogens with one attached hydrogen (secondary N) is 1. The fourth-order valence-corrected chi connectivity index (χ4v) is 3.42. The molecule has 0 radical (unpaired) electrons. The minimum atomic E-state index is 0.633. The van der Waals surface area contributed by atoms with Gasteiger partial charge in [0.25, 0.3) is 0 Å². The van der Waals surface area contributed by atoms with Gasteiger partial charge < -0.3 is 10.2 Å². The van der Waals surface area contributed by atoms with Crippen molar-refractivity contribution in [1.82, 2.24) is 10.3 Å². The van der Waals surface area contributed by atoms with E-state index >= 15 is 0 Å². The van der Waals surface area contributed by atoms with E-state index in [4.69, 9.17) is 4.98 Å². The maximum atomic E-state index is 4.70. The van der Waals surface area contributed by atoms with Crippen LogP contribution in [-0.4, -0.2) is 30.7 Å². The first kappa shape index (κ1) is 13.8. The van der Waals surface area contributed by atoms with Crippen LogP contribution in [-0.2, 0) is 0 Å². The van der Waals surface area contributed by atoms with Gasteiger partial charge in [-0.15, -0.1) is 11.3 Å². The molecule has 1 atom stereocenters. The van der Waals surface area contributed by atoms with Gasteiger partial charge in [-0.3, -0.25) is 0 Å². The van der Waals surface area contributed by atoms with Crippen LogP contribution >= 0.6 is 11.3 Å². The molecule has 0 bridgehead atoms. The first-order valence-corrected chi connectivity index (χ1v) is 7.81. The van der Waals surface area contributed by atoms with Gasteiger partial charge in [0.15, 0.2) is 5.13 Å². The summed E-state index contributed by atoms with van der Waals surface area (Å²) in [4.78, 5) is 8.55. The van der Waals surface area contributed by atoms with Gasteiger partial charge in [-0.1, -0.05) is 13.8 Å². The molecule has 0 aliphatic carbocycles. The number of aromatic nitrogens is 1. The smallest absolute Gasteiger partial charge is 0.186 e. The summed E-state index contributed by atoms with van der Waals surface area (Å²) in [7, 11) is 0. The average molecular weight is 267 g/mol. The largest absolute Gasteiger partial charge is 0.344 e. The zero-order chi connectivity index (χ0) is 13.1. The zero-order valence-corrected chi connectivity index (χ0v) is 12.8. The molecule has 1 saturated heterocycles. The molecule has 4 heteroatoms. The lowest BCUT2D eigenvalue weighted by atomic mass is 10.2. The summed E-state index contributed by atoms with van der Waals surface area (Å²) in [6.45, 7) is 12.2.